The third kappa shape index (κ3) is 9.03. The predicted octanol–water partition coefficient (Wildman–Crippen LogP) is 2.30. The van der Waals surface area contributed by atoms with Gasteiger partial charge < -0.3 is 0 Å². The number of hydrogen-bond acceptors (Lipinski definition) is 0. The molecule has 6 heavy (non-hydrogen) atoms. The molecule has 0 unspecified atom stereocenters. The Morgan fingerprint density at radius 2 is 2.17 bits per heavy atom. The molecule has 0 aliphatic rings. The van der Waals surface area contributed by atoms with Gasteiger partial charge in [-0.2, -0.15) is 0 Å². The van der Waals surface area contributed by atoms with Crippen molar-refractivity contribution in [3.8, 4) is 0 Å². The Hall–Kier alpha value is -0.0400. The summed E-state index contributed by atoms with van der Waals surface area (Å²) in [7, 11) is 0. The van der Waals surface area contributed by atoms with Crippen molar-refractivity contribution in [1.29, 1.82) is 0 Å². The lowest BCUT2D eigenvalue weighted by Crippen LogP contribution is -1.42. The van der Waals surface area contributed by atoms with E-state index in [9.17, 15) is 4.39 Å². The minimum atomic E-state index is 0. The Labute approximate surface area is 43.5 Å². The molecule has 38 valence electrons. The highest BCUT2D eigenvalue weighted by molar-refractivity contribution is 5.85. The molecular formula is C4H8ClF. The van der Waals surface area contributed by atoms with Crippen LogP contribution < -0.4 is 0 Å². The summed E-state index contributed by atoms with van der Waals surface area (Å²) < 4.78 is 10.8. The molecule has 0 radical (unpaired) electrons. The molecule has 0 aliphatic heterocycles. The largest absolute Gasteiger partial charge is 0.216 e. The molecule has 0 aromatic heterocycles. The molecule has 0 heterocycles. The van der Waals surface area contributed by atoms with Crippen molar-refractivity contribution in [3.63, 3.8) is 0 Å². The molecule has 0 bridgehead atoms. The van der Waals surface area contributed by atoms with Crippen molar-refractivity contribution in [2.75, 3.05) is 0 Å². The minimum Gasteiger partial charge on any atom is -0.216 e. The van der Waals surface area contributed by atoms with Crippen molar-refractivity contribution < 1.29 is 4.39 Å². The van der Waals surface area contributed by atoms with Crippen molar-refractivity contribution in [1.82, 2.24) is 0 Å². The van der Waals surface area contributed by atoms with Crippen LogP contribution in [-0.2, 0) is 0 Å². The van der Waals surface area contributed by atoms with Crippen molar-refractivity contribution >= 4 is 12.4 Å². The highest BCUT2D eigenvalue weighted by atomic mass is 35.5. The van der Waals surface area contributed by atoms with Crippen LogP contribution in [0.25, 0.3) is 0 Å². The number of rotatable bonds is 1. The number of hydrogen-bond donors (Lipinski definition) is 0. The summed E-state index contributed by atoms with van der Waals surface area (Å²) >= 11 is 0. The van der Waals surface area contributed by atoms with Crippen LogP contribution >= 0.6 is 12.4 Å². The average Bonchev–Trinajstić information content (AvgIpc) is 1.41. The first-order chi connectivity index (χ1) is 2.41. The van der Waals surface area contributed by atoms with Crippen LogP contribution in [-0.4, -0.2) is 0 Å². The van der Waals surface area contributed by atoms with E-state index in [-0.39, 0.29) is 12.4 Å². The molecular weight excluding hydrogens is 102 g/mol. The summed E-state index contributed by atoms with van der Waals surface area (Å²) in [4.78, 5) is 0. The van der Waals surface area contributed by atoms with Crippen LogP contribution in [0.3, 0.4) is 0 Å². The second-order valence-corrected chi connectivity index (χ2v) is 0.770. The molecule has 0 spiro atoms. The first-order valence-electron chi connectivity index (χ1n) is 1.67. The van der Waals surface area contributed by atoms with E-state index in [1.165, 1.54) is 6.08 Å². The quantitative estimate of drug-likeness (QED) is 0.486. The summed E-state index contributed by atoms with van der Waals surface area (Å²) in [5.74, 6) is 0. The summed E-state index contributed by atoms with van der Waals surface area (Å²) in [6.07, 6.45) is 2.80. The topological polar surface area (TPSA) is 0 Å². The van der Waals surface area contributed by atoms with E-state index in [2.05, 4.69) is 0 Å². The van der Waals surface area contributed by atoms with Gasteiger partial charge in [0.05, 0.1) is 6.33 Å². The third-order valence-electron chi connectivity index (χ3n) is 0.325. The molecule has 2 heteroatoms. The van der Waals surface area contributed by atoms with E-state index < -0.39 is 0 Å². The summed E-state index contributed by atoms with van der Waals surface area (Å²) in [6, 6.07) is 0. The van der Waals surface area contributed by atoms with Gasteiger partial charge in [0.15, 0.2) is 0 Å². The fourth-order valence-corrected chi connectivity index (χ4v) is 0.0891. The van der Waals surface area contributed by atoms with E-state index in [0.29, 0.717) is 6.33 Å². The maximum Gasteiger partial charge on any atom is 0.0826 e. The first-order valence-corrected chi connectivity index (χ1v) is 1.67. The maximum atomic E-state index is 10.8. The standard InChI is InChI=1S/C4H7F.ClH/c1-2-3-4-5;/h3-4H,2H2,1H3;1H. The van der Waals surface area contributed by atoms with Gasteiger partial charge in [-0.05, 0) is 6.42 Å². The zero-order valence-corrected chi connectivity index (χ0v) is 4.46. The zero-order chi connectivity index (χ0) is 4.12. The van der Waals surface area contributed by atoms with Gasteiger partial charge in [-0.15, -0.1) is 12.4 Å². The highest BCUT2D eigenvalue weighted by Crippen LogP contribution is 1.76. The van der Waals surface area contributed by atoms with Crippen LogP contribution in [0.15, 0.2) is 12.4 Å². The Balaban J connectivity index is 0. The molecule has 0 aromatic carbocycles. The van der Waals surface area contributed by atoms with Crippen LogP contribution in [0.4, 0.5) is 4.39 Å². The average molecular weight is 111 g/mol. The van der Waals surface area contributed by atoms with Crippen molar-refractivity contribution in [3.05, 3.63) is 12.4 Å². The van der Waals surface area contributed by atoms with Crippen molar-refractivity contribution in [2.45, 2.75) is 13.3 Å². The summed E-state index contributed by atoms with van der Waals surface area (Å²) in [6.45, 7) is 1.88. The van der Waals surface area contributed by atoms with Gasteiger partial charge in [-0.3, -0.25) is 0 Å². The van der Waals surface area contributed by atoms with E-state index in [4.69, 9.17) is 0 Å². The third-order valence-corrected chi connectivity index (χ3v) is 0.325. The SMILES string of the molecule is CCC=CF.Cl. The summed E-state index contributed by atoms with van der Waals surface area (Å²) in [5, 5.41) is 0. The molecule has 0 saturated heterocycles. The van der Waals surface area contributed by atoms with Crippen molar-refractivity contribution in [2.24, 2.45) is 0 Å². The van der Waals surface area contributed by atoms with Crippen LogP contribution in [0.5, 0.6) is 0 Å². The lowest BCUT2D eigenvalue weighted by atomic mass is 10.5. The summed E-state index contributed by atoms with van der Waals surface area (Å²) in [5.41, 5.74) is 0. The van der Waals surface area contributed by atoms with Gasteiger partial charge in [-0.1, -0.05) is 13.0 Å². The van der Waals surface area contributed by atoms with E-state index in [1.807, 2.05) is 6.92 Å². The zero-order valence-electron chi connectivity index (χ0n) is 3.65. The molecule has 0 amide bonds. The van der Waals surface area contributed by atoms with Gasteiger partial charge in [0.2, 0.25) is 0 Å². The second kappa shape index (κ2) is 8.88. The molecule has 0 rings (SSSR count). The fourth-order valence-electron chi connectivity index (χ4n) is 0.0891. The Kier molecular flexibility index (Phi) is 13.8. The Morgan fingerprint density at radius 1 is 1.67 bits per heavy atom. The highest BCUT2D eigenvalue weighted by Gasteiger charge is 1.55. The fraction of sp³-hybridized carbons (Fsp3) is 0.500. The van der Waals surface area contributed by atoms with Crippen LogP contribution in [0.1, 0.15) is 13.3 Å². The molecule has 0 aliphatic carbocycles. The lowest BCUT2D eigenvalue weighted by molar-refractivity contribution is 0.715. The number of halogens is 2. The predicted molar refractivity (Wildman–Crippen MR) is 27.8 cm³/mol. The minimum absolute atomic E-state index is 0. The Bertz CT molecular complexity index is 34.5. The van der Waals surface area contributed by atoms with Gasteiger partial charge in [0.25, 0.3) is 0 Å². The smallest absolute Gasteiger partial charge is 0.0826 e. The van der Waals surface area contributed by atoms with Gasteiger partial charge in [-0.25, -0.2) is 4.39 Å². The molecule has 0 saturated carbocycles. The van der Waals surface area contributed by atoms with E-state index in [1.54, 1.807) is 0 Å². The van der Waals surface area contributed by atoms with Crippen LogP contribution in [0, 0.1) is 0 Å². The lowest BCUT2D eigenvalue weighted by Gasteiger charge is -1.62. The van der Waals surface area contributed by atoms with E-state index >= 15 is 0 Å². The molecule has 0 N–H and O–H groups in total. The molecule has 0 aromatic rings. The monoisotopic (exact) mass is 110 g/mol. The molecule has 0 atom stereocenters. The molecule has 0 fully saturated rings. The number of allylic oxidation sites excluding steroid dienone is 1. The normalized spacial score (nSPS) is 8.33. The Morgan fingerprint density at radius 3 is 2.17 bits per heavy atom. The molecule has 0 nitrogen and oxygen atoms in total. The van der Waals surface area contributed by atoms with Gasteiger partial charge >= 0.3 is 0 Å². The second-order valence-electron chi connectivity index (χ2n) is 0.770. The maximum absolute atomic E-state index is 10.8. The van der Waals surface area contributed by atoms with Gasteiger partial charge in [0.1, 0.15) is 0 Å². The van der Waals surface area contributed by atoms with Gasteiger partial charge in [0, 0.05) is 0 Å². The van der Waals surface area contributed by atoms with Crippen LogP contribution in [0.2, 0.25) is 0 Å². The van der Waals surface area contributed by atoms with E-state index in [0.717, 1.165) is 6.42 Å². The first kappa shape index (κ1) is 9.35.